The van der Waals surface area contributed by atoms with Gasteiger partial charge in [0, 0.05) is 12.6 Å². The lowest BCUT2D eigenvalue weighted by Gasteiger charge is -2.37. The first-order valence-corrected chi connectivity index (χ1v) is 7.54. The van der Waals surface area contributed by atoms with E-state index in [9.17, 15) is 9.59 Å². The van der Waals surface area contributed by atoms with Gasteiger partial charge in [-0.1, -0.05) is 6.92 Å². The maximum atomic E-state index is 12.7. The second-order valence-corrected chi connectivity index (χ2v) is 5.56. The molecule has 2 saturated heterocycles. The number of hydrogen-bond donors (Lipinski definition) is 2. The van der Waals surface area contributed by atoms with Crippen molar-refractivity contribution in [3.05, 3.63) is 0 Å². The number of nitrogens with zero attached hydrogens (tertiary/aromatic N) is 1. The second-order valence-electron chi connectivity index (χ2n) is 5.56. The lowest BCUT2D eigenvalue weighted by molar-refractivity contribution is -0.149. The summed E-state index contributed by atoms with van der Waals surface area (Å²) in [4.78, 5) is 25.3. The lowest BCUT2D eigenvalue weighted by Crippen LogP contribution is -2.54. The molecule has 21 heavy (non-hydrogen) atoms. The largest absolute Gasteiger partial charge is 0.481 e. The van der Waals surface area contributed by atoms with Crippen LogP contribution in [-0.2, 0) is 19.1 Å². The predicted octanol–water partition coefficient (Wildman–Crippen LogP) is -0.297. The molecule has 120 valence electrons. The Kier molecular flexibility index (Phi) is 5.96. The smallest absolute Gasteiger partial charge is 0.305 e. The first-order chi connectivity index (χ1) is 10.1. The molecular formula is C14H24N2O5. The van der Waals surface area contributed by atoms with Gasteiger partial charge in [-0.3, -0.25) is 9.59 Å². The van der Waals surface area contributed by atoms with Gasteiger partial charge in [-0.25, -0.2) is 0 Å². The average Bonchev–Trinajstić information content (AvgIpc) is 2.92. The Morgan fingerprint density at radius 1 is 1.29 bits per heavy atom. The highest BCUT2D eigenvalue weighted by Gasteiger charge is 2.39. The molecule has 0 aromatic carbocycles. The minimum Gasteiger partial charge on any atom is -0.481 e. The molecule has 7 nitrogen and oxygen atoms in total. The monoisotopic (exact) mass is 300 g/mol. The predicted molar refractivity (Wildman–Crippen MR) is 75.0 cm³/mol. The Labute approximate surface area is 124 Å². The molecule has 0 radical (unpaired) electrons. The molecule has 0 spiro atoms. The van der Waals surface area contributed by atoms with Crippen molar-refractivity contribution < 1.29 is 24.2 Å². The van der Waals surface area contributed by atoms with Crippen LogP contribution in [0.25, 0.3) is 0 Å². The zero-order valence-corrected chi connectivity index (χ0v) is 12.4. The van der Waals surface area contributed by atoms with Crippen molar-refractivity contribution in [3.63, 3.8) is 0 Å². The van der Waals surface area contributed by atoms with Crippen molar-refractivity contribution in [2.45, 2.75) is 31.8 Å². The molecule has 0 aromatic heterocycles. The highest BCUT2D eigenvalue weighted by atomic mass is 16.5. The van der Waals surface area contributed by atoms with Crippen LogP contribution in [0.1, 0.15) is 19.8 Å². The van der Waals surface area contributed by atoms with Gasteiger partial charge < -0.3 is 24.8 Å². The minimum atomic E-state index is -0.911. The molecule has 0 aromatic rings. The molecule has 2 fully saturated rings. The standard InChI is InChI=1S/C14H24N2O5/c1-2-3-15-12-9-21-8-11(12)14(19)16-4-5-20-7-10(16)6-13(17)18/h10-12,15H,2-9H2,1H3,(H,17,18). The Hall–Kier alpha value is -1.18. The van der Waals surface area contributed by atoms with E-state index in [1.165, 1.54) is 0 Å². The number of amides is 1. The Bertz CT molecular complexity index is 376. The van der Waals surface area contributed by atoms with Gasteiger partial charge in [0.25, 0.3) is 0 Å². The minimum absolute atomic E-state index is 0.0179. The van der Waals surface area contributed by atoms with E-state index in [4.69, 9.17) is 14.6 Å². The molecule has 2 heterocycles. The number of carbonyl (C=O) groups is 2. The normalized spacial score (nSPS) is 29.6. The molecule has 2 aliphatic rings. The Morgan fingerprint density at radius 2 is 2.10 bits per heavy atom. The van der Waals surface area contributed by atoms with Crippen LogP contribution in [0, 0.1) is 5.92 Å². The summed E-state index contributed by atoms with van der Waals surface area (Å²) in [6.07, 6.45) is 0.920. The number of carboxylic acids is 1. The van der Waals surface area contributed by atoms with E-state index in [1.54, 1.807) is 4.90 Å². The van der Waals surface area contributed by atoms with E-state index >= 15 is 0 Å². The number of carboxylic acid groups (broad SMARTS) is 1. The molecule has 0 aliphatic carbocycles. The molecular weight excluding hydrogens is 276 g/mol. The molecule has 3 atom stereocenters. The summed E-state index contributed by atoms with van der Waals surface area (Å²) in [5.74, 6) is -1.16. The van der Waals surface area contributed by atoms with Crippen LogP contribution in [0.2, 0.25) is 0 Å². The molecule has 3 unspecified atom stereocenters. The van der Waals surface area contributed by atoms with Gasteiger partial charge >= 0.3 is 5.97 Å². The molecule has 7 heteroatoms. The third-order valence-corrected chi connectivity index (χ3v) is 3.98. The van der Waals surface area contributed by atoms with Gasteiger partial charge in [-0.15, -0.1) is 0 Å². The van der Waals surface area contributed by atoms with E-state index in [0.29, 0.717) is 33.0 Å². The van der Waals surface area contributed by atoms with Crippen molar-refractivity contribution >= 4 is 11.9 Å². The first kappa shape index (κ1) is 16.2. The van der Waals surface area contributed by atoms with Gasteiger partial charge in [0.2, 0.25) is 5.91 Å². The number of carbonyl (C=O) groups excluding carboxylic acids is 1. The van der Waals surface area contributed by atoms with Crippen LogP contribution >= 0.6 is 0 Å². The van der Waals surface area contributed by atoms with E-state index < -0.39 is 5.97 Å². The van der Waals surface area contributed by atoms with E-state index in [0.717, 1.165) is 13.0 Å². The first-order valence-electron chi connectivity index (χ1n) is 7.54. The molecule has 0 bridgehead atoms. The fourth-order valence-electron chi connectivity index (χ4n) is 2.86. The Morgan fingerprint density at radius 3 is 2.81 bits per heavy atom. The van der Waals surface area contributed by atoms with Gasteiger partial charge in [0.1, 0.15) is 0 Å². The number of aliphatic carboxylic acids is 1. The zero-order valence-electron chi connectivity index (χ0n) is 12.4. The Balaban J connectivity index is 2.00. The van der Waals surface area contributed by atoms with Crippen molar-refractivity contribution in [2.75, 3.05) is 39.5 Å². The average molecular weight is 300 g/mol. The molecule has 2 N–H and O–H groups in total. The summed E-state index contributed by atoms with van der Waals surface area (Å²) >= 11 is 0. The quantitative estimate of drug-likeness (QED) is 0.700. The van der Waals surface area contributed by atoms with Crippen LogP contribution in [0.15, 0.2) is 0 Å². The van der Waals surface area contributed by atoms with E-state index in [1.807, 2.05) is 0 Å². The SMILES string of the molecule is CCCNC1COCC1C(=O)N1CCOCC1CC(=O)O. The van der Waals surface area contributed by atoms with E-state index in [2.05, 4.69) is 12.2 Å². The van der Waals surface area contributed by atoms with Crippen LogP contribution in [-0.4, -0.2) is 73.5 Å². The van der Waals surface area contributed by atoms with Crippen LogP contribution in [0.3, 0.4) is 0 Å². The topological polar surface area (TPSA) is 88.1 Å². The fraction of sp³-hybridized carbons (Fsp3) is 0.857. The van der Waals surface area contributed by atoms with Crippen molar-refractivity contribution in [3.8, 4) is 0 Å². The maximum absolute atomic E-state index is 12.7. The summed E-state index contributed by atoms with van der Waals surface area (Å²) in [5, 5.41) is 12.3. The van der Waals surface area contributed by atoms with Crippen molar-refractivity contribution in [1.82, 2.24) is 10.2 Å². The van der Waals surface area contributed by atoms with Crippen molar-refractivity contribution in [1.29, 1.82) is 0 Å². The van der Waals surface area contributed by atoms with Gasteiger partial charge in [-0.05, 0) is 13.0 Å². The fourth-order valence-corrected chi connectivity index (χ4v) is 2.86. The summed E-state index contributed by atoms with van der Waals surface area (Å²) in [6.45, 7) is 5.06. The lowest BCUT2D eigenvalue weighted by atomic mass is 9.99. The molecule has 1 amide bonds. The van der Waals surface area contributed by atoms with Gasteiger partial charge in [0.05, 0.1) is 44.8 Å². The third kappa shape index (κ3) is 4.15. The maximum Gasteiger partial charge on any atom is 0.305 e. The zero-order chi connectivity index (χ0) is 15.2. The highest BCUT2D eigenvalue weighted by Crippen LogP contribution is 2.21. The number of hydrogen-bond acceptors (Lipinski definition) is 5. The number of nitrogens with one attached hydrogen (secondary N) is 1. The van der Waals surface area contributed by atoms with Crippen LogP contribution in [0.5, 0.6) is 0 Å². The highest BCUT2D eigenvalue weighted by molar-refractivity contribution is 5.81. The summed E-state index contributed by atoms with van der Waals surface area (Å²) in [7, 11) is 0. The molecule has 2 rings (SSSR count). The van der Waals surface area contributed by atoms with Crippen LogP contribution in [0.4, 0.5) is 0 Å². The van der Waals surface area contributed by atoms with Gasteiger partial charge in [0.15, 0.2) is 0 Å². The summed E-state index contributed by atoms with van der Waals surface area (Å²) in [5.41, 5.74) is 0. The van der Waals surface area contributed by atoms with Crippen LogP contribution < -0.4 is 5.32 Å². The molecule has 2 aliphatic heterocycles. The number of ether oxygens (including phenoxy) is 2. The van der Waals surface area contributed by atoms with E-state index in [-0.39, 0.29) is 30.3 Å². The number of rotatable bonds is 6. The second kappa shape index (κ2) is 7.72. The third-order valence-electron chi connectivity index (χ3n) is 3.98. The summed E-state index contributed by atoms with van der Waals surface area (Å²) < 4.78 is 10.8. The summed E-state index contributed by atoms with van der Waals surface area (Å²) in [6, 6.07) is -0.359. The number of morpholine rings is 1. The molecule has 0 saturated carbocycles. The van der Waals surface area contributed by atoms with Crippen molar-refractivity contribution in [2.24, 2.45) is 5.92 Å². The van der Waals surface area contributed by atoms with Gasteiger partial charge in [-0.2, -0.15) is 0 Å².